The number of amides is 1. The van der Waals surface area contributed by atoms with Crippen molar-refractivity contribution >= 4 is 22.5 Å². The summed E-state index contributed by atoms with van der Waals surface area (Å²) in [6.07, 6.45) is 2.67. The molecule has 21 heavy (non-hydrogen) atoms. The zero-order chi connectivity index (χ0) is 14.8. The van der Waals surface area contributed by atoms with Crippen molar-refractivity contribution in [3.8, 4) is 0 Å². The second-order valence-electron chi connectivity index (χ2n) is 5.92. The molecule has 4 heteroatoms. The first-order chi connectivity index (χ1) is 10.1. The number of para-hydroxylation sites is 1. The van der Waals surface area contributed by atoms with Crippen LogP contribution in [0.3, 0.4) is 0 Å². The molecule has 2 heterocycles. The van der Waals surface area contributed by atoms with E-state index in [-0.39, 0.29) is 5.91 Å². The molecule has 1 aromatic heterocycles. The highest BCUT2D eigenvalue weighted by atomic mass is 16.1. The van der Waals surface area contributed by atoms with E-state index < -0.39 is 0 Å². The molecule has 1 amide bonds. The van der Waals surface area contributed by atoms with Crippen molar-refractivity contribution < 1.29 is 4.79 Å². The maximum absolute atomic E-state index is 11.2. The van der Waals surface area contributed by atoms with Crippen molar-refractivity contribution in [2.24, 2.45) is 11.7 Å². The third-order valence-electron chi connectivity index (χ3n) is 4.17. The van der Waals surface area contributed by atoms with Crippen LogP contribution in [0, 0.1) is 12.8 Å². The molecule has 1 fully saturated rings. The summed E-state index contributed by atoms with van der Waals surface area (Å²) >= 11 is 0. The summed E-state index contributed by atoms with van der Waals surface area (Å²) < 4.78 is 0. The van der Waals surface area contributed by atoms with Crippen molar-refractivity contribution in [1.82, 2.24) is 4.98 Å². The maximum Gasteiger partial charge on any atom is 0.217 e. The summed E-state index contributed by atoms with van der Waals surface area (Å²) in [4.78, 5) is 18.2. The fourth-order valence-electron chi connectivity index (χ4n) is 3.28. The van der Waals surface area contributed by atoms with Gasteiger partial charge >= 0.3 is 0 Å². The van der Waals surface area contributed by atoms with Gasteiger partial charge in [0.2, 0.25) is 5.91 Å². The Labute approximate surface area is 125 Å². The van der Waals surface area contributed by atoms with E-state index in [0.29, 0.717) is 12.3 Å². The summed E-state index contributed by atoms with van der Waals surface area (Å²) in [5.41, 5.74) is 8.64. The molecule has 3 rings (SSSR count). The molecule has 1 aliphatic heterocycles. The van der Waals surface area contributed by atoms with Gasteiger partial charge in [-0.3, -0.25) is 9.78 Å². The van der Waals surface area contributed by atoms with Gasteiger partial charge in [0.1, 0.15) is 0 Å². The SMILES string of the molecule is Cc1cc(N2CCCC(CC(N)=O)C2)c2ccccc2n1. The first-order valence-electron chi connectivity index (χ1n) is 7.53. The fourth-order valence-corrected chi connectivity index (χ4v) is 3.28. The Hall–Kier alpha value is -2.10. The topological polar surface area (TPSA) is 59.2 Å². The predicted octanol–water partition coefficient (Wildman–Crippen LogP) is 2.64. The molecule has 2 aromatic rings. The van der Waals surface area contributed by atoms with Crippen LogP contribution in [0.25, 0.3) is 10.9 Å². The van der Waals surface area contributed by atoms with Crippen LogP contribution in [-0.4, -0.2) is 24.0 Å². The fraction of sp³-hybridized carbons (Fsp3) is 0.412. The molecule has 4 nitrogen and oxygen atoms in total. The highest BCUT2D eigenvalue weighted by Gasteiger charge is 2.23. The van der Waals surface area contributed by atoms with Gasteiger partial charge in [-0.25, -0.2) is 0 Å². The quantitative estimate of drug-likeness (QED) is 0.942. The molecule has 1 aromatic carbocycles. The van der Waals surface area contributed by atoms with Gasteiger partial charge in [-0.2, -0.15) is 0 Å². The number of nitrogens with two attached hydrogens (primary N) is 1. The lowest BCUT2D eigenvalue weighted by Crippen LogP contribution is -2.37. The molecule has 0 spiro atoms. The highest BCUT2D eigenvalue weighted by Crippen LogP contribution is 2.31. The number of nitrogens with zero attached hydrogens (tertiary/aromatic N) is 2. The molecule has 0 bridgehead atoms. The smallest absolute Gasteiger partial charge is 0.217 e. The Bertz CT molecular complexity index is 668. The largest absolute Gasteiger partial charge is 0.371 e. The number of anilines is 1. The lowest BCUT2D eigenvalue weighted by molar-refractivity contribution is -0.118. The number of pyridine rings is 1. The molecule has 1 unspecified atom stereocenters. The van der Waals surface area contributed by atoms with Crippen molar-refractivity contribution in [3.63, 3.8) is 0 Å². The Morgan fingerprint density at radius 2 is 2.24 bits per heavy atom. The van der Waals surface area contributed by atoms with E-state index in [1.165, 1.54) is 11.1 Å². The van der Waals surface area contributed by atoms with Crippen LogP contribution >= 0.6 is 0 Å². The first kappa shape index (κ1) is 13.9. The maximum atomic E-state index is 11.2. The highest BCUT2D eigenvalue weighted by molar-refractivity contribution is 5.92. The van der Waals surface area contributed by atoms with E-state index in [0.717, 1.165) is 37.1 Å². The van der Waals surface area contributed by atoms with E-state index >= 15 is 0 Å². The summed E-state index contributed by atoms with van der Waals surface area (Å²) in [5.74, 6) is 0.168. The number of benzene rings is 1. The van der Waals surface area contributed by atoms with Crippen molar-refractivity contribution in [2.75, 3.05) is 18.0 Å². The van der Waals surface area contributed by atoms with E-state index in [4.69, 9.17) is 5.73 Å². The Balaban J connectivity index is 1.94. The predicted molar refractivity (Wildman–Crippen MR) is 85.2 cm³/mol. The minimum Gasteiger partial charge on any atom is -0.371 e. The molecule has 110 valence electrons. The van der Waals surface area contributed by atoms with Crippen LogP contribution in [0.15, 0.2) is 30.3 Å². The standard InChI is InChI=1S/C17H21N3O/c1-12-9-16(14-6-2-3-7-15(14)19-12)20-8-4-5-13(11-20)10-17(18)21/h2-3,6-7,9,13H,4-5,8,10-11H2,1H3,(H2,18,21). The van der Waals surface area contributed by atoms with E-state index in [1.807, 2.05) is 19.1 Å². The molecule has 0 radical (unpaired) electrons. The van der Waals surface area contributed by atoms with Gasteiger partial charge in [-0.05, 0) is 37.8 Å². The monoisotopic (exact) mass is 283 g/mol. The second kappa shape index (κ2) is 5.72. The van der Waals surface area contributed by atoms with Crippen LogP contribution in [0.1, 0.15) is 25.0 Å². The van der Waals surface area contributed by atoms with Crippen LogP contribution in [0.4, 0.5) is 5.69 Å². The average molecular weight is 283 g/mol. The Morgan fingerprint density at radius 3 is 3.05 bits per heavy atom. The van der Waals surface area contributed by atoms with Gasteiger partial charge in [0.25, 0.3) is 0 Å². The van der Waals surface area contributed by atoms with Crippen LogP contribution < -0.4 is 10.6 Å². The number of rotatable bonds is 3. The normalized spacial score (nSPS) is 18.9. The summed E-state index contributed by atoms with van der Waals surface area (Å²) in [6, 6.07) is 10.4. The zero-order valence-electron chi connectivity index (χ0n) is 12.4. The molecule has 0 aliphatic carbocycles. The lowest BCUT2D eigenvalue weighted by atomic mass is 9.94. The molecule has 1 atom stereocenters. The molecular formula is C17H21N3O. The summed E-state index contributed by atoms with van der Waals surface area (Å²) in [7, 11) is 0. The number of hydrogen-bond donors (Lipinski definition) is 1. The van der Waals surface area contributed by atoms with Gasteiger partial charge in [0.05, 0.1) is 5.52 Å². The van der Waals surface area contributed by atoms with Crippen LogP contribution in [0.2, 0.25) is 0 Å². The van der Waals surface area contributed by atoms with Gasteiger partial charge in [0.15, 0.2) is 0 Å². The van der Waals surface area contributed by atoms with Crippen LogP contribution in [-0.2, 0) is 4.79 Å². The number of aryl methyl sites for hydroxylation is 1. The Kier molecular flexibility index (Phi) is 3.78. The molecule has 0 saturated carbocycles. The van der Waals surface area contributed by atoms with Crippen molar-refractivity contribution in [2.45, 2.75) is 26.2 Å². The van der Waals surface area contributed by atoms with E-state index in [2.05, 4.69) is 28.1 Å². The minimum absolute atomic E-state index is 0.197. The third kappa shape index (κ3) is 2.99. The summed E-state index contributed by atoms with van der Waals surface area (Å²) in [6.45, 7) is 3.96. The molecule has 1 saturated heterocycles. The number of carbonyl (C=O) groups is 1. The molecular weight excluding hydrogens is 262 g/mol. The zero-order valence-corrected chi connectivity index (χ0v) is 12.4. The third-order valence-corrected chi connectivity index (χ3v) is 4.17. The van der Waals surface area contributed by atoms with E-state index in [9.17, 15) is 4.79 Å². The average Bonchev–Trinajstić information content (AvgIpc) is 2.46. The summed E-state index contributed by atoms with van der Waals surface area (Å²) in [5, 5.41) is 1.18. The van der Waals surface area contributed by atoms with Crippen molar-refractivity contribution in [1.29, 1.82) is 0 Å². The number of fused-ring (bicyclic) bond motifs is 1. The first-order valence-corrected chi connectivity index (χ1v) is 7.53. The number of primary amides is 1. The van der Waals surface area contributed by atoms with Crippen molar-refractivity contribution in [3.05, 3.63) is 36.0 Å². The van der Waals surface area contributed by atoms with E-state index in [1.54, 1.807) is 0 Å². The number of hydrogen-bond acceptors (Lipinski definition) is 3. The molecule has 1 aliphatic rings. The van der Waals surface area contributed by atoms with Gasteiger partial charge in [-0.15, -0.1) is 0 Å². The minimum atomic E-state index is -0.197. The van der Waals surface area contributed by atoms with Gasteiger partial charge in [0, 0.05) is 36.3 Å². The number of aromatic nitrogens is 1. The number of piperidine rings is 1. The van der Waals surface area contributed by atoms with Gasteiger partial charge < -0.3 is 10.6 Å². The van der Waals surface area contributed by atoms with Crippen LogP contribution in [0.5, 0.6) is 0 Å². The number of carbonyl (C=O) groups excluding carboxylic acids is 1. The molecule has 2 N–H and O–H groups in total. The Morgan fingerprint density at radius 1 is 1.43 bits per heavy atom. The lowest BCUT2D eigenvalue weighted by Gasteiger charge is -2.34. The van der Waals surface area contributed by atoms with Gasteiger partial charge in [-0.1, -0.05) is 18.2 Å². The second-order valence-corrected chi connectivity index (χ2v) is 5.92.